The van der Waals surface area contributed by atoms with Gasteiger partial charge in [-0.05, 0) is 36.6 Å². The summed E-state index contributed by atoms with van der Waals surface area (Å²) in [4.78, 5) is 5.37. The number of nitrogens with two attached hydrogens (primary N) is 1. The van der Waals surface area contributed by atoms with Crippen LogP contribution >= 0.6 is 12.2 Å². The van der Waals surface area contributed by atoms with E-state index in [1.165, 1.54) is 5.56 Å². The van der Waals surface area contributed by atoms with Crippen LogP contribution in [-0.4, -0.2) is 47.0 Å². The third-order valence-electron chi connectivity index (χ3n) is 4.26. The maximum absolute atomic E-state index is 13.1. The first-order chi connectivity index (χ1) is 10.0. The quantitative estimate of drug-likeness (QED) is 0.846. The summed E-state index contributed by atoms with van der Waals surface area (Å²) in [5, 5.41) is 0. The largest absolute Gasteiger partial charge is 0.392 e. The highest BCUT2D eigenvalue weighted by atomic mass is 32.1. The van der Waals surface area contributed by atoms with Crippen molar-refractivity contribution in [1.82, 2.24) is 9.80 Å². The predicted molar refractivity (Wildman–Crippen MR) is 88.9 cm³/mol. The molecule has 2 rings (SSSR count). The summed E-state index contributed by atoms with van der Waals surface area (Å²) >= 11 is 5.15. The topological polar surface area (TPSA) is 32.5 Å². The molecule has 5 heteroatoms. The molecule has 0 saturated carbocycles. The van der Waals surface area contributed by atoms with Gasteiger partial charge in [-0.2, -0.15) is 0 Å². The summed E-state index contributed by atoms with van der Waals surface area (Å²) in [6, 6.07) is 5.25. The molecule has 1 aliphatic heterocycles. The molecule has 3 nitrogen and oxygen atoms in total. The van der Waals surface area contributed by atoms with Crippen LogP contribution in [0, 0.1) is 12.7 Å². The molecule has 0 aromatic heterocycles. The van der Waals surface area contributed by atoms with Crippen LogP contribution in [0.4, 0.5) is 4.39 Å². The number of rotatable bonds is 5. The molecular formula is C16H24FN3S. The van der Waals surface area contributed by atoms with E-state index in [2.05, 4.69) is 16.7 Å². The van der Waals surface area contributed by atoms with Gasteiger partial charge in [0.2, 0.25) is 0 Å². The lowest BCUT2D eigenvalue weighted by Crippen LogP contribution is -2.53. The SMILES string of the molecule is CCC(C(N)=S)N1CCN(Cc2ccc(F)cc2C)CC1. The molecular weight excluding hydrogens is 285 g/mol. The summed E-state index contributed by atoms with van der Waals surface area (Å²) in [6.07, 6.45) is 0.965. The van der Waals surface area contributed by atoms with Crippen LogP contribution in [0.15, 0.2) is 18.2 Å². The van der Waals surface area contributed by atoms with E-state index in [-0.39, 0.29) is 11.9 Å². The highest BCUT2D eigenvalue weighted by Gasteiger charge is 2.24. The molecule has 1 aromatic rings. The van der Waals surface area contributed by atoms with Crippen LogP contribution < -0.4 is 5.73 Å². The van der Waals surface area contributed by atoms with Crippen LogP contribution in [0.5, 0.6) is 0 Å². The third kappa shape index (κ3) is 4.22. The standard InChI is InChI=1S/C16H24FN3S/c1-3-15(16(18)21)20-8-6-19(7-9-20)11-13-4-5-14(17)10-12(13)2/h4-5,10,15H,3,6-9,11H2,1-2H3,(H2,18,21). The summed E-state index contributed by atoms with van der Waals surface area (Å²) in [6.45, 7) is 8.93. The average molecular weight is 309 g/mol. The van der Waals surface area contributed by atoms with Crippen molar-refractivity contribution in [1.29, 1.82) is 0 Å². The van der Waals surface area contributed by atoms with Gasteiger partial charge in [0.15, 0.2) is 0 Å². The maximum atomic E-state index is 13.1. The Morgan fingerprint density at radius 1 is 1.33 bits per heavy atom. The average Bonchev–Trinajstić information content (AvgIpc) is 2.44. The van der Waals surface area contributed by atoms with Crippen molar-refractivity contribution in [2.75, 3.05) is 26.2 Å². The zero-order valence-corrected chi connectivity index (χ0v) is 13.6. The number of benzene rings is 1. The first-order valence-corrected chi connectivity index (χ1v) is 7.92. The molecule has 1 heterocycles. The highest BCUT2D eigenvalue weighted by Crippen LogP contribution is 2.16. The Hall–Kier alpha value is -1.04. The summed E-state index contributed by atoms with van der Waals surface area (Å²) in [5.41, 5.74) is 8.03. The Kier molecular flexibility index (Phi) is 5.67. The molecule has 21 heavy (non-hydrogen) atoms. The van der Waals surface area contributed by atoms with Gasteiger partial charge in [0.05, 0.1) is 11.0 Å². The van der Waals surface area contributed by atoms with Gasteiger partial charge in [-0.25, -0.2) is 4.39 Å². The first-order valence-electron chi connectivity index (χ1n) is 7.52. The molecule has 1 aromatic carbocycles. The highest BCUT2D eigenvalue weighted by molar-refractivity contribution is 7.80. The van der Waals surface area contributed by atoms with Crippen molar-refractivity contribution in [2.24, 2.45) is 5.73 Å². The fourth-order valence-electron chi connectivity index (χ4n) is 2.95. The number of thiocarbonyl (C=S) groups is 1. The van der Waals surface area contributed by atoms with E-state index in [0.717, 1.165) is 44.7 Å². The molecule has 1 atom stereocenters. The van der Waals surface area contributed by atoms with Crippen molar-refractivity contribution in [2.45, 2.75) is 32.9 Å². The molecule has 1 saturated heterocycles. The van der Waals surface area contributed by atoms with E-state index in [0.29, 0.717) is 4.99 Å². The second-order valence-corrected chi connectivity index (χ2v) is 6.18. The number of piperazine rings is 1. The predicted octanol–water partition coefficient (Wildman–Crippen LogP) is 2.32. The fourth-order valence-corrected chi connectivity index (χ4v) is 3.27. The number of halogens is 1. The van der Waals surface area contributed by atoms with E-state index >= 15 is 0 Å². The third-order valence-corrected chi connectivity index (χ3v) is 4.53. The van der Waals surface area contributed by atoms with Crippen molar-refractivity contribution in [3.63, 3.8) is 0 Å². The van der Waals surface area contributed by atoms with Crippen molar-refractivity contribution >= 4 is 17.2 Å². The smallest absolute Gasteiger partial charge is 0.123 e. The maximum Gasteiger partial charge on any atom is 0.123 e. The first kappa shape index (κ1) is 16.3. The van der Waals surface area contributed by atoms with Gasteiger partial charge < -0.3 is 5.73 Å². The molecule has 116 valence electrons. The normalized spacial score (nSPS) is 18.6. The van der Waals surface area contributed by atoms with Gasteiger partial charge in [-0.3, -0.25) is 9.80 Å². The zero-order chi connectivity index (χ0) is 15.4. The van der Waals surface area contributed by atoms with Gasteiger partial charge in [-0.1, -0.05) is 25.2 Å². The van der Waals surface area contributed by atoms with Gasteiger partial charge in [-0.15, -0.1) is 0 Å². The molecule has 0 aliphatic carbocycles. The fraction of sp³-hybridized carbons (Fsp3) is 0.562. The number of nitrogens with zero attached hydrogens (tertiary/aromatic N) is 2. The molecule has 1 unspecified atom stereocenters. The van der Waals surface area contributed by atoms with Crippen LogP contribution in [-0.2, 0) is 6.54 Å². The molecule has 2 N–H and O–H groups in total. The lowest BCUT2D eigenvalue weighted by atomic mass is 10.1. The zero-order valence-electron chi connectivity index (χ0n) is 12.8. The van der Waals surface area contributed by atoms with E-state index in [4.69, 9.17) is 18.0 Å². The number of hydrogen-bond acceptors (Lipinski definition) is 3. The number of aryl methyl sites for hydroxylation is 1. The summed E-state index contributed by atoms with van der Waals surface area (Å²) < 4.78 is 13.1. The van der Waals surface area contributed by atoms with Crippen LogP contribution in [0.3, 0.4) is 0 Å². The van der Waals surface area contributed by atoms with Crippen molar-refractivity contribution in [3.05, 3.63) is 35.1 Å². The molecule has 0 spiro atoms. The Morgan fingerprint density at radius 2 is 2.00 bits per heavy atom. The molecule has 1 aliphatic rings. The second kappa shape index (κ2) is 7.29. The van der Waals surface area contributed by atoms with Gasteiger partial charge >= 0.3 is 0 Å². The Morgan fingerprint density at radius 3 is 2.52 bits per heavy atom. The Balaban J connectivity index is 1.91. The van der Waals surface area contributed by atoms with Gasteiger partial charge in [0.25, 0.3) is 0 Å². The van der Waals surface area contributed by atoms with E-state index in [9.17, 15) is 4.39 Å². The van der Waals surface area contributed by atoms with E-state index in [1.807, 2.05) is 13.0 Å². The van der Waals surface area contributed by atoms with Crippen molar-refractivity contribution in [3.8, 4) is 0 Å². The summed E-state index contributed by atoms with van der Waals surface area (Å²) in [5.74, 6) is -0.164. The van der Waals surface area contributed by atoms with Crippen LogP contribution in [0.2, 0.25) is 0 Å². The lowest BCUT2D eigenvalue weighted by Gasteiger charge is -2.38. The van der Waals surface area contributed by atoms with E-state index < -0.39 is 0 Å². The van der Waals surface area contributed by atoms with Gasteiger partial charge in [0, 0.05) is 32.7 Å². The second-order valence-electron chi connectivity index (χ2n) is 5.71. The van der Waals surface area contributed by atoms with E-state index in [1.54, 1.807) is 12.1 Å². The van der Waals surface area contributed by atoms with Crippen molar-refractivity contribution < 1.29 is 4.39 Å². The minimum absolute atomic E-state index is 0.164. The minimum atomic E-state index is -0.164. The molecule has 0 bridgehead atoms. The number of hydrogen-bond donors (Lipinski definition) is 1. The Labute approximate surface area is 131 Å². The monoisotopic (exact) mass is 309 g/mol. The van der Waals surface area contributed by atoms with Gasteiger partial charge in [0.1, 0.15) is 5.82 Å². The minimum Gasteiger partial charge on any atom is -0.392 e. The lowest BCUT2D eigenvalue weighted by molar-refractivity contribution is 0.111. The molecule has 1 fully saturated rings. The Bertz CT molecular complexity index is 498. The molecule has 0 radical (unpaired) electrons. The van der Waals surface area contributed by atoms with Crippen LogP contribution in [0.1, 0.15) is 24.5 Å². The molecule has 0 amide bonds. The van der Waals surface area contributed by atoms with Crippen LogP contribution in [0.25, 0.3) is 0 Å². The summed E-state index contributed by atoms with van der Waals surface area (Å²) in [7, 11) is 0.